The second-order valence-electron chi connectivity index (χ2n) is 2.01. The summed E-state index contributed by atoms with van der Waals surface area (Å²) in [6.07, 6.45) is 0. The number of rotatable bonds is 0. The maximum atomic E-state index is 5.73. The molecule has 0 unspecified atom stereocenters. The Kier molecular flexibility index (Phi) is 1.82. The zero-order valence-electron chi connectivity index (χ0n) is 5.19. The van der Waals surface area contributed by atoms with Gasteiger partial charge < -0.3 is 0 Å². The lowest BCUT2D eigenvalue weighted by molar-refractivity contribution is 1.49. The molecule has 0 bridgehead atoms. The normalized spacial score (nSPS) is 9.56. The van der Waals surface area contributed by atoms with Gasteiger partial charge in [0.05, 0.1) is 0 Å². The number of aryl methyl sites for hydroxylation is 1. The van der Waals surface area contributed by atoms with E-state index in [0.717, 1.165) is 10.6 Å². The maximum absolute atomic E-state index is 5.73. The summed E-state index contributed by atoms with van der Waals surface area (Å²) in [5.41, 5.74) is 1.77. The fourth-order valence-electron chi connectivity index (χ4n) is 0.609. The van der Waals surface area contributed by atoms with Crippen molar-refractivity contribution in [2.75, 3.05) is 0 Å². The molecule has 1 rings (SSSR count). The van der Waals surface area contributed by atoms with Crippen molar-refractivity contribution in [1.29, 1.82) is 0 Å². The van der Waals surface area contributed by atoms with E-state index in [2.05, 4.69) is 0 Å². The number of benzene rings is 1. The molecular formula is C7H6BCl. The van der Waals surface area contributed by atoms with Gasteiger partial charge in [-0.05, 0) is 12.5 Å². The molecule has 2 heteroatoms. The van der Waals surface area contributed by atoms with Crippen LogP contribution in [0.5, 0.6) is 0 Å². The highest BCUT2D eigenvalue weighted by atomic mass is 35.5. The SMILES string of the molecule is [B]c1ccc(C)c(Cl)c1. The molecule has 0 saturated carbocycles. The van der Waals surface area contributed by atoms with Gasteiger partial charge in [-0.15, -0.1) is 0 Å². The number of hydrogen-bond acceptors (Lipinski definition) is 0. The molecule has 0 N–H and O–H groups in total. The molecule has 44 valence electrons. The fraction of sp³-hybridized carbons (Fsp3) is 0.143. The summed E-state index contributed by atoms with van der Waals surface area (Å²) in [6.45, 7) is 1.95. The first kappa shape index (κ1) is 6.69. The molecule has 2 radical (unpaired) electrons. The molecule has 0 spiro atoms. The van der Waals surface area contributed by atoms with E-state index in [4.69, 9.17) is 19.4 Å². The van der Waals surface area contributed by atoms with Gasteiger partial charge in [0.2, 0.25) is 0 Å². The van der Waals surface area contributed by atoms with Crippen molar-refractivity contribution in [3.63, 3.8) is 0 Å². The standard InChI is InChI=1S/C7H6BCl/c1-5-2-3-6(8)4-7(5)9/h2-4H,1H3. The minimum atomic E-state index is 0.714. The molecule has 0 fully saturated rings. The minimum Gasteiger partial charge on any atom is -0.0952 e. The molecule has 1 aromatic rings. The van der Waals surface area contributed by atoms with E-state index < -0.39 is 0 Å². The Bertz CT molecular complexity index is 220. The first-order chi connectivity index (χ1) is 4.20. The molecule has 0 nitrogen and oxygen atoms in total. The summed E-state index contributed by atoms with van der Waals surface area (Å²) in [4.78, 5) is 0. The van der Waals surface area contributed by atoms with E-state index in [1.54, 1.807) is 6.07 Å². The van der Waals surface area contributed by atoms with Crippen LogP contribution in [0.3, 0.4) is 0 Å². The Morgan fingerprint density at radius 2 is 2.11 bits per heavy atom. The van der Waals surface area contributed by atoms with E-state index in [0.29, 0.717) is 5.46 Å². The Morgan fingerprint density at radius 3 is 2.56 bits per heavy atom. The first-order valence-corrected chi connectivity index (χ1v) is 3.09. The summed E-state index contributed by atoms with van der Waals surface area (Å²) >= 11 is 5.73. The Morgan fingerprint density at radius 1 is 1.44 bits per heavy atom. The van der Waals surface area contributed by atoms with Gasteiger partial charge in [0, 0.05) is 5.02 Å². The van der Waals surface area contributed by atoms with Crippen LogP contribution in [0.4, 0.5) is 0 Å². The van der Waals surface area contributed by atoms with Gasteiger partial charge in [-0.1, -0.05) is 35.3 Å². The summed E-state index contributed by atoms with van der Waals surface area (Å²) in [5.74, 6) is 0. The summed E-state index contributed by atoms with van der Waals surface area (Å²) in [6, 6.07) is 5.48. The molecule has 0 aliphatic rings. The molecule has 0 aliphatic carbocycles. The maximum Gasteiger partial charge on any atom is 0.113 e. The summed E-state index contributed by atoms with van der Waals surface area (Å²) < 4.78 is 0. The lowest BCUT2D eigenvalue weighted by Crippen LogP contribution is -2.00. The van der Waals surface area contributed by atoms with Crippen LogP contribution >= 0.6 is 11.6 Å². The second-order valence-corrected chi connectivity index (χ2v) is 2.42. The lowest BCUT2D eigenvalue weighted by atomic mass is 9.95. The smallest absolute Gasteiger partial charge is 0.0952 e. The topological polar surface area (TPSA) is 0 Å². The Hall–Kier alpha value is -0.425. The van der Waals surface area contributed by atoms with Crippen LogP contribution in [0.2, 0.25) is 5.02 Å². The van der Waals surface area contributed by atoms with Crippen molar-refractivity contribution in [3.05, 3.63) is 28.8 Å². The van der Waals surface area contributed by atoms with Gasteiger partial charge >= 0.3 is 0 Å². The fourth-order valence-corrected chi connectivity index (χ4v) is 0.798. The quantitative estimate of drug-likeness (QED) is 0.474. The second kappa shape index (κ2) is 2.44. The van der Waals surface area contributed by atoms with Crippen molar-refractivity contribution in [2.45, 2.75) is 6.92 Å². The lowest BCUT2D eigenvalue weighted by Gasteiger charge is -1.96. The highest BCUT2D eigenvalue weighted by Crippen LogP contribution is 2.10. The van der Waals surface area contributed by atoms with Crippen LogP contribution in [0, 0.1) is 6.92 Å². The number of hydrogen-bond donors (Lipinski definition) is 0. The zero-order chi connectivity index (χ0) is 6.85. The van der Waals surface area contributed by atoms with Crippen LogP contribution in [-0.2, 0) is 0 Å². The van der Waals surface area contributed by atoms with E-state index in [9.17, 15) is 0 Å². The third-order valence-corrected chi connectivity index (χ3v) is 1.60. The third-order valence-electron chi connectivity index (χ3n) is 1.20. The van der Waals surface area contributed by atoms with Crippen LogP contribution in [0.1, 0.15) is 5.56 Å². The van der Waals surface area contributed by atoms with Crippen LogP contribution in [0.15, 0.2) is 18.2 Å². The predicted molar refractivity (Wildman–Crippen MR) is 41.6 cm³/mol. The molecule has 0 atom stereocenters. The average molecular weight is 136 g/mol. The Labute approximate surface area is 61.3 Å². The van der Waals surface area contributed by atoms with Crippen molar-refractivity contribution >= 4 is 24.9 Å². The molecular weight excluding hydrogens is 130 g/mol. The van der Waals surface area contributed by atoms with Crippen molar-refractivity contribution < 1.29 is 0 Å². The Balaban J connectivity index is 3.17. The molecule has 1 aromatic carbocycles. The van der Waals surface area contributed by atoms with Gasteiger partial charge in [-0.25, -0.2) is 0 Å². The third kappa shape index (κ3) is 1.49. The van der Waals surface area contributed by atoms with Crippen LogP contribution in [-0.4, -0.2) is 7.85 Å². The largest absolute Gasteiger partial charge is 0.113 e. The van der Waals surface area contributed by atoms with E-state index in [-0.39, 0.29) is 0 Å². The predicted octanol–water partition coefficient (Wildman–Crippen LogP) is 1.44. The molecule has 0 heterocycles. The molecule has 9 heavy (non-hydrogen) atoms. The average Bonchev–Trinajstić information content (AvgIpc) is 1.80. The minimum absolute atomic E-state index is 0.714. The van der Waals surface area contributed by atoms with Gasteiger partial charge in [0.25, 0.3) is 0 Å². The van der Waals surface area contributed by atoms with Gasteiger partial charge in [0.1, 0.15) is 7.85 Å². The van der Waals surface area contributed by atoms with E-state index >= 15 is 0 Å². The molecule has 0 aromatic heterocycles. The van der Waals surface area contributed by atoms with Gasteiger partial charge in [-0.3, -0.25) is 0 Å². The first-order valence-electron chi connectivity index (χ1n) is 2.72. The van der Waals surface area contributed by atoms with E-state index in [1.165, 1.54) is 0 Å². The molecule has 0 amide bonds. The van der Waals surface area contributed by atoms with E-state index in [1.807, 2.05) is 19.1 Å². The van der Waals surface area contributed by atoms with Gasteiger partial charge in [-0.2, -0.15) is 0 Å². The van der Waals surface area contributed by atoms with Crippen molar-refractivity contribution in [3.8, 4) is 0 Å². The number of halogens is 1. The zero-order valence-corrected chi connectivity index (χ0v) is 5.94. The highest BCUT2D eigenvalue weighted by Gasteiger charge is 1.91. The monoisotopic (exact) mass is 136 g/mol. The van der Waals surface area contributed by atoms with Crippen LogP contribution in [0.25, 0.3) is 0 Å². The summed E-state index contributed by atoms with van der Waals surface area (Å²) in [5, 5.41) is 0.731. The van der Waals surface area contributed by atoms with Gasteiger partial charge in [0.15, 0.2) is 0 Å². The van der Waals surface area contributed by atoms with Crippen molar-refractivity contribution in [2.24, 2.45) is 0 Å². The highest BCUT2D eigenvalue weighted by molar-refractivity contribution is 6.36. The van der Waals surface area contributed by atoms with Crippen molar-refractivity contribution in [1.82, 2.24) is 0 Å². The molecule has 0 saturated heterocycles. The molecule has 0 aliphatic heterocycles. The van der Waals surface area contributed by atoms with Crippen LogP contribution < -0.4 is 5.46 Å². The summed E-state index contributed by atoms with van der Waals surface area (Å²) in [7, 11) is 5.44.